The molecule has 3 aliphatic heterocycles. The first-order chi connectivity index (χ1) is 35.0. The van der Waals surface area contributed by atoms with E-state index in [1.54, 1.807) is 12.1 Å². The quantitative estimate of drug-likeness (QED) is 0.0400. The Bertz CT molecular complexity index is 2590. The van der Waals surface area contributed by atoms with Gasteiger partial charge in [0.1, 0.15) is 0 Å². The number of phenols is 4. The molecule has 73 heavy (non-hydrogen) atoms. The minimum Gasteiger partial charge on any atom is -0.504 e. The van der Waals surface area contributed by atoms with Gasteiger partial charge in [-0.05, 0) is 112 Å². The SMILES string of the molecule is NCc1ccc2c(c1)OCO2.O=C(CCC(=O)NCc1ccc(O)c(O)c1)NCc1ccc(O)c(O)c1.O=C(CCC(=O)NCc1ccc2c(c1)OCO2)NCc1ccc2c(c1)OCO2.O=C(Cl)CCC(=O)Cl. The molecule has 10 N–H and O–H groups in total. The molecule has 0 saturated carbocycles. The van der Waals surface area contributed by atoms with E-state index in [4.69, 9.17) is 57.4 Å². The second-order valence-electron chi connectivity index (χ2n) is 15.7. The van der Waals surface area contributed by atoms with E-state index in [9.17, 15) is 49.2 Å². The Labute approximate surface area is 428 Å². The molecule has 5 aromatic rings. The molecule has 4 amide bonds. The van der Waals surface area contributed by atoms with Crippen LogP contribution in [0.5, 0.6) is 57.5 Å². The first-order valence-corrected chi connectivity index (χ1v) is 23.1. The zero-order chi connectivity index (χ0) is 52.7. The highest BCUT2D eigenvalue weighted by Crippen LogP contribution is 2.34. The molecule has 0 aromatic heterocycles. The molecule has 0 spiro atoms. The maximum Gasteiger partial charge on any atom is 0.231 e. The number of carbonyl (C=O) groups is 6. The molecule has 0 radical (unpaired) electrons. The van der Waals surface area contributed by atoms with Crippen LogP contribution in [0.25, 0.3) is 0 Å². The Morgan fingerprint density at radius 3 is 0.959 bits per heavy atom. The summed E-state index contributed by atoms with van der Waals surface area (Å²) in [6, 6.07) is 25.2. The van der Waals surface area contributed by atoms with Gasteiger partial charge in [-0.2, -0.15) is 0 Å². The summed E-state index contributed by atoms with van der Waals surface area (Å²) in [7, 11) is 0. The van der Waals surface area contributed by atoms with Gasteiger partial charge in [-0.15, -0.1) is 0 Å². The van der Waals surface area contributed by atoms with Crippen molar-refractivity contribution in [3.05, 3.63) is 119 Å². The molecule has 0 bridgehead atoms. The summed E-state index contributed by atoms with van der Waals surface area (Å²) >= 11 is 9.74. The van der Waals surface area contributed by atoms with E-state index in [1.165, 1.54) is 24.3 Å². The molecule has 0 fully saturated rings. The summed E-state index contributed by atoms with van der Waals surface area (Å²) in [5.74, 6) is 2.34. The van der Waals surface area contributed by atoms with Gasteiger partial charge in [0.15, 0.2) is 57.5 Å². The Balaban J connectivity index is 0.000000201. The number of nitrogens with two attached hydrogens (primary N) is 1. The molecular formula is C50H53Cl2N5O16. The lowest BCUT2D eigenvalue weighted by atomic mass is 10.2. The van der Waals surface area contributed by atoms with E-state index in [1.807, 2.05) is 54.6 Å². The summed E-state index contributed by atoms with van der Waals surface area (Å²) in [5.41, 5.74) is 9.56. The fraction of sp³-hybridized carbons (Fsp3) is 0.280. The van der Waals surface area contributed by atoms with Gasteiger partial charge >= 0.3 is 0 Å². The molecule has 3 heterocycles. The maximum atomic E-state index is 12.0. The lowest BCUT2D eigenvalue weighted by Crippen LogP contribution is -2.27. The predicted octanol–water partition coefficient (Wildman–Crippen LogP) is 5.25. The molecule has 21 nitrogen and oxygen atoms in total. The lowest BCUT2D eigenvalue weighted by molar-refractivity contribution is -0.126. The molecule has 5 aromatic carbocycles. The summed E-state index contributed by atoms with van der Waals surface area (Å²) in [5, 5.41) is 47.0. The van der Waals surface area contributed by atoms with Crippen molar-refractivity contribution in [1.82, 2.24) is 21.3 Å². The molecule has 3 aliphatic rings. The first-order valence-electron chi connectivity index (χ1n) is 22.4. The van der Waals surface area contributed by atoms with Crippen molar-refractivity contribution in [2.75, 3.05) is 20.4 Å². The van der Waals surface area contributed by atoms with Crippen LogP contribution in [0.4, 0.5) is 0 Å². The van der Waals surface area contributed by atoms with Crippen LogP contribution in [0.2, 0.25) is 0 Å². The van der Waals surface area contributed by atoms with Crippen LogP contribution in [0.1, 0.15) is 66.3 Å². The Morgan fingerprint density at radius 2 is 0.658 bits per heavy atom. The second-order valence-corrected chi connectivity index (χ2v) is 16.6. The average molecular weight is 1050 g/mol. The number of hydrogen-bond donors (Lipinski definition) is 9. The van der Waals surface area contributed by atoms with Crippen molar-refractivity contribution in [2.24, 2.45) is 5.73 Å². The highest BCUT2D eigenvalue weighted by atomic mass is 35.5. The van der Waals surface area contributed by atoms with Crippen molar-refractivity contribution in [2.45, 2.75) is 71.2 Å². The molecular weight excluding hydrogens is 997 g/mol. The summed E-state index contributed by atoms with van der Waals surface area (Å²) < 4.78 is 31.4. The number of nitrogens with one attached hydrogen (secondary N) is 4. The Kier molecular flexibility index (Phi) is 21.9. The molecule has 0 unspecified atom stereocenters. The fourth-order valence-corrected chi connectivity index (χ4v) is 6.52. The van der Waals surface area contributed by atoms with Crippen LogP contribution in [0, 0.1) is 0 Å². The normalized spacial score (nSPS) is 11.8. The number of carbonyl (C=O) groups excluding carboxylic acids is 6. The van der Waals surface area contributed by atoms with Crippen LogP contribution in [-0.4, -0.2) is 74.9 Å². The number of hydrogen-bond acceptors (Lipinski definition) is 17. The van der Waals surface area contributed by atoms with Gasteiger partial charge in [0.05, 0.1) is 0 Å². The van der Waals surface area contributed by atoms with Gasteiger partial charge in [0.25, 0.3) is 0 Å². The Hall–Kier alpha value is -8.14. The minimum absolute atomic E-state index is 0.00325. The number of rotatable bonds is 18. The topological polar surface area (TPSA) is 313 Å². The molecule has 0 aliphatic carbocycles. The van der Waals surface area contributed by atoms with Crippen molar-refractivity contribution < 1.29 is 77.6 Å². The fourth-order valence-electron chi connectivity index (χ4n) is 6.33. The standard InChI is InChI=1S/C20H20N2O6.C18H20N2O6.C8H9NO2.C4H4Cl2O2/c23-19(21-9-13-1-3-15-17(7-13)27-11-25-15)5-6-20(24)22-10-14-2-4-16-18(8-14)28-12-26-16;21-13-3-1-11(7-15(13)23)9-19-17(25)5-6-18(26)20-10-12-2-4-14(22)16(24)8-12;9-4-6-1-2-7-8(3-6)11-5-10-7;5-3(7)1-2-4(6)8/h1-4,7-8H,5-6,9-12H2,(H,21,23)(H,22,24);1-4,7-8,21-24H,5-6,9-10H2,(H,19,25)(H,20,26);1-3H,4-5,9H2;1-2H2. The molecule has 388 valence electrons. The van der Waals surface area contributed by atoms with Gasteiger partial charge in [-0.3, -0.25) is 28.8 Å². The third-order valence-corrected chi connectivity index (χ3v) is 10.6. The third kappa shape index (κ3) is 19.5. The van der Waals surface area contributed by atoms with Gasteiger partial charge in [-0.25, -0.2) is 0 Å². The Morgan fingerprint density at radius 1 is 0.384 bits per heavy atom. The van der Waals surface area contributed by atoms with Crippen LogP contribution in [0.15, 0.2) is 91.0 Å². The van der Waals surface area contributed by atoms with Crippen molar-refractivity contribution in [3.63, 3.8) is 0 Å². The van der Waals surface area contributed by atoms with Crippen LogP contribution in [-0.2, 0) is 61.5 Å². The monoisotopic (exact) mass is 1050 g/mol. The number of halogens is 2. The molecule has 8 rings (SSSR count). The largest absolute Gasteiger partial charge is 0.504 e. The maximum absolute atomic E-state index is 12.0. The van der Waals surface area contributed by atoms with Gasteiger partial charge in [-0.1, -0.05) is 30.3 Å². The van der Waals surface area contributed by atoms with Crippen molar-refractivity contribution >= 4 is 57.3 Å². The number of phenolic OH excluding ortho intramolecular Hbond substituents is 4. The zero-order valence-corrected chi connectivity index (χ0v) is 40.6. The van der Waals surface area contributed by atoms with E-state index < -0.39 is 10.5 Å². The first kappa shape index (κ1) is 55.8. The molecule has 23 heteroatoms. The van der Waals surface area contributed by atoms with E-state index in [0.29, 0.717) is 60.6 Å². The summed E-state index contributed by atoms with van der Waals surface area (Å²) in [6.07, 6.45) is 0.302. The van der Waals surface area contributed by atoms with Crippen molar-refractivity contribution in [3.8, 4) is 57.5 Å². The number of amides is 4. The number of fused-ring (bicyclic) bond motifs is 3. The average Bonchev–Trinajstić information content (AvgIpc) is 4.18. The van der Waals surface area contributed by atoms with Gasteiger partial charge < -0.3 is 75.8 Å². The minimum atomic E-state index is -0.529. The predicted molar refractivity (Wildman–Crippen MR) is 262 cm³/mol. The van der Waals surface area contributed by atoms with Gasteiger partial charge in [0.2, 0.25) is 54.5 Å². The highest BCUT2D eigenvalue weighted by molar-refractivity contribution is 6.66. The second kappa shape index (κ2) is 28.6. The number of benzene rings is 5. The lowest BCUT2D eigenvalue weighted by Gasteiger charge is -2.08. The van der Waals surface area contributed by atoms with Crippen LogP contribution < -0.4 is 55.4 Å². The number of ether oxygens (including phenoxy) is 6. The smallest absolute Gasteiger partial charge is 0.231 e. The summed E-state index contributed by atoms with van der Waals surface area (Å²) in [6.45, 7) is 2.36. The highest BCUT2D eigenvalue weighted by Gasteiger charge is 2.16. The number of aromatic hydroxyl groups is 4. The molecule has 0 saturated heterocycles. The summed E-state index contributed by atoms with van der Waals surface area (Å²) in [4.78, 5) is 67.3. The van der Waals surface area contributed by atoms with Crippen LogP contribution >= 0.6 is 23.2 Å². The van der Waals surface area contributed by atoms with E-state index in [2.05, 4.69) is 21.3 Å². The van der Waals surface area contributed by atoms with E-state index in [-0.39, 0.29) is 112 Å². The zero-order valence-electron chi connectivity index (χ0n) is 39.1. The van der Waals surface area contributed by atoms with Gasteiger partial charge in [0, 0.05) is 71.2 Å². The molecule has 0 atom stereocenters. The van der Waals surface area contributed by atoms with Crippen LogP contribution in [0.3, 0.4) is 0 Å². The third-order valence-electron chi connectivity index (χ3n) is 10.3. The van der Waals surface area contributed by atoms with E-state index >= 15 is 0 Å². The van der Waals surface area contributed by atoms with E-state index in [0.717, 1.165) is 28.2 Å². The van der Waals surface area contributed by atoms with Crippen molar-refractivity contribution in [1.29, 1.82) is 0 Å².